The lowest BCUT2D eigenvalue weighted by Gasteiger charge is -2.47. The summed E-state index contributed by atoms with van der Waals surface area (Å²) < 4.78 is 2.10. The fraction of sp³-hybridized carbons (Fsp3) is 0.812. The number of nitrogens with two attached hydrogens (primary N) is 1. The van der Waals surface area contributed by atoms with Gasteiger partial charge in [0.25, 0.3) is 0 Å². The van der Waals surface area contributed by atoms with E-state index in [9.17, 15) is 0 Å². The molecule has 0 saturated heterocycles. The van der Waals surface area contributed by atoms with Gasteiger partial charge in [0.1, 0.15) is 0 Å². The topological polar surface area (TPSA) is 47.1 Å². The summed E-state index contributed by atoms with van der Waals surface area (Å²) in [6.45, 7) is 5.12. The van der Waals surface area contributed by atoms with Crippen LogP contribution in [-0.2, 0) is 13.0 Å². The van der Waals surface area contributed by atoms with Crippen molar-refractivity contribution < 1.29 is 0 Å². The molecule has 0 amide bonds. The van der Waals surface area contributed by atoms with Crippen LogP contribution in [0.3, 0.4) is 0 Å². The second-order valence-electron chi connectivity index (χ2n) is 6.46. The Morgan fingerprint density at radius 2 is 2.00 bits per heavy atom. The maximum absolute atomic E-state index is 6.67. The molecule has 1 saturated carbocycles. The van der Waals surface area contributed by atoms with Gasteiger partial charge in [0, 0.05) is 30.2 Å². The zero-order valence-electron chi connectivity index (χ0n) is 13.5. The largest absolute Gasteiger partial charge is 0.326 e. The lowest BCUT2D eigenvalue weighted by molar-refractivity contribution is 0.0709. The second kappa shape index (κ2) is 6.27. The van der Waals surface area contributed by atoms with E-state index in [0.717, 1.165) is 18.7 Å². The predicted octanol–water partition coefficient (Wildman–Crippen LogP) is 2.35. The molecule has 0 aliphatic heterocycles. The van der Waals surface area contributed by atoms with Gasteiger partial charge in [-0.2, -0.15) is 5.10 Å². The minimum absolute atomic E-state index is 0.162. The highest BCUT2D eigenvalue weighted by atomic mass is 15.3. The van der Waals surface area contributed by atoms with E-state index in [1.54, 1.807) is 0 Å². The highest BCUT2D eigenvalue weighted by Crippen LogP contribution is 2.35. The molecule has 1 unspecified atom stereocenters. The standard InChI is InChI=1S/C16H30N4/c1-5-20-14(11-13(2)18-20)12-15(17)16(19(3)4)9-7-6-8-10-16/h11,15H,5-10,12,17H2,1-4H3. The molecule has 1 aliphatic carbocycles. The minimum Gasteiger partial charge on any atom is -0.326 e. The molecule has 1 fully saturated rings. The quantitative estimate of drug-likeness (QED) is 0.899. The molecule has 1 aromatic rings. The Morgan fingerprint density at radius 3 is 2.55 bits per heavy atom. The van der Waals surface area contributed by atoms with E-state index in [1.165, 1.54) is 37.8 Å². The van der Waals surface area contributed by atoms with Gasteiger partial charge < -0.3 is 10.6 Å². The van der Waals surface area contributed by atoms with Gasteiger partial charge in [-0.15, -0.1) is 0 Å². The molecule has 1 atom stereocenters. The minimum atomic E-state index is 0.162. The van der Waals surface area contributed by atoms with Crippen LogP contribution in [0.2, 0.25) is 0 Å². The number of aryl methyl sites for hydroxylation is 2. The van der Waals surface area contributed by atoms with Crippen LogP contribution in [0.25, 0.3) is 0 Å². The van der Waals surface area contributed by atoms with Gasteiger partial charge in [-0.25, -0.2) is 0 Å². The monoisotopic (exact) mass is 278 g/mol. The van der Waals surface area contributed by atoms with Gasteiger partial charge in [-0.1, -0.05) is 19.3 Å². The summed E-state index contributed by atoms with van der Waals surface area (Å²) in [5.41, 5.74) is 9.20. The van der Waals surface area contributed by atoms with Crippen molar-refractivity contribution in [3.8, 4) is 0 Å². The molecule has 4 heteroatoms. The van der Waals surface area contributed by atoms with E-state index in [0.29, 0.717) is 0 Å². The lowest BCUT2D eigenvalue weighted by atomic mass is 9.74. The zero-order chi connectivity index (χ0) is 14.8. The first-order valence-corrected chi connectivity index (χ1v) is 7.96. The van der Waals surface area contributed by atoms with E-state index in [-0.39, 0.29) is 11.6 Å². The Balaban J connectivity index is 2.17. The number of hydrogen-bond donors (Lipinski definition) is 1. The van der Waals surface area contributed by atoms with E-state index < -0.39 is 0 Å². The first-order chi connectivity index (χ1) is 9.49. The van der Waals surface area contributed by atoms with Crippen LogP contribution in [0.5, 0.6) is 0 Å². The Bertz CT molecular complexity index is 430. The molecule has 1 aliphatic rings. The Kier molecular flexibility index (Phi) is 4.86. The summed E-state index contributed by atoms with van der Waals surface area (Å²) in [4.78, 5) is 2.37. The van der Waals surface area contributed by atoms with Gasteiger partial charge in [-0.05, 0) is 46.9 Å². The third-order valence-corrected chi connectivity index (χ3v) is 5.01. The molecule has 4 nitrogen and oxygen atoms in total. The van der Waals surface area contributed by atoms with Gasteiger partial charge in [0.2, 0.25) is 0 Å². The fourth-order valence-corrected chi connectivity index (χ4v) is 3.77. The van der Waals surface area contributed by atoms with E-state index >= 15 is 0 Å². The first kappa shape index (κ1) is 15.5. The summed E-state index contributed by atoms with van der Waals surface area (Å²) >= 11 is 0. The second-order valence-corrected chi connectivity index (χ2v) is 6.46. The fourth-order valence-electron chi connectivity index (χ4n) is 3.77. The van der Waals surface area contributed by atoms with Crippen LogP contribution >= 0.6 is 0 Å². The average molecular weight is 278 g/mol. The molecule has 1 heterocycles. The maximum Gasteiger partial charge on any atom is 0.0596 e. The Morgan fingerprint density at radius 1 is 1.35 bits per heavy atom. The van der Waals surface area contributed by atoms with E-state index in [2.05, 4.69) is 48.7 Å². The molecule has 2 N–H and O–H groups in total. The predicted molar refractivity (Wildman–Crippen MR) is 83.8 cm³/mol. The lowest BCUT2D eigenvalue weighted by Crippen LogP contribution is -2.59. The number of rotatable bonds is 5. The van der Waals surface area contributed by atoms with Crippen molar-refractivity contribution >= 4 is 0 Å². The van der Waals surface area contributed by atoms with Gasteiger partial charge >= 0.3 is 0 Å². The normalized spacial score (nSPS) is 20.3. The zero-order valence-corrected chi connectivity index (χ0v) is 13.5. The van der Waals surface area contributed by atoms with Crippen LogP contribution in [-0.4, -0.2) is 40.4 Å². The molecule has 1 aromatic heterocycles. The molecule has 0 spiro atoms. The van der Waals surface area contributed by atoms with E-state index in [4.69, 9.17) is 5.73 Å². The highest BCUT2D eigenvalue weighted by molar-refractivity contribution is 5.13. The first-order valence-electron chi connectivity index (χ1n) is 7.96. The maximum atomic E-state index is 6.67. The average Bonchev–Trinajstić information content (AvgIpc) is 2.79. The summed E-state index contributed by atoms with van der Waals surface area (Å²) in [6, 6.07) is 2.37. The van der Waals surface area contributed by atoms with E-state index in [1.807, 2.05) is 0 Å². The number of nitrogens with zero attached hydrogens (tertiary/aromatic N) is 3. The summed E-state index contributed by atoms with van der Waals surface area (Å²) in [6.07, 6.45) is 7.33. The summed E-state index contributed by atoms with van der Waals surface area (Å²) in [5.74, 6) is 0. The van der Waals surface area contributed by atoms with Gasteiger partial charge in [0.05, 0.1) is 5.69 Å². The SMILES string of the molecule is CCn1nc(C)cc1CC(N)C1(N(C)C)CCCCC1. The number of aromatic nitrogens is 2. The van der Waals surface area contributed by atoms with Crippen molar-refractivity contribution in [1.82, 2.24) is 14.7 Å². The summed E-state index contributed by atoms with van der Waals surface area (Å²) in [5, 5.41) is 4.54. The van der Waals surface area contributed by atoms with Crippen molar-refractivity contribution in [3.63, 3.8) is 0 Å². The van der Waals surface area contributed by atoms with Crippen LogP contribution in [0.15, 0.2) is 6.07 Å². The van der Waals surface area contributed by atoms with Crippen LogP contribution in [0, 0.1) is 6.92 Å². The summed E-state index contributed by atoms with van der Waals surface area (Å²) in [7, 11) is 4.38. The van der Waals surface area contributed by atoms with Gasteiger partial charge in [-0.3, -0.25) is 4.68 Å². The molecule has 20 heavy (non-hydrogen) atoms. The Labute approximate surface area is 123 Å². The van der Waals surface area contributed by atoms with Crippen molar-refractivity contribution in [2.24, 2.45) is 5.73 Å². The van der Waals surface area contributed by atoms with Crippen molar-refractivity contribution in [1.29, 1.82) is 0 Å². The van der Waals surface area contributed by atoms with Crippen molar-refractivity contribution in [2.45, 2.75) is 70.5 Å². The third-order valence-electron chi connectivity index (χ3n) is 5.01. The molecule has 114 valence electrons. The number of likely N-dealkylation sites (N-methyl/N-ethyl adjacent to an activating group) is 1. The third kappa shape index (κ3) is 2.91. The van der Waals surface area contributed by atoms with Crippen LogP contribution < -0.4 is 5.73 Å². The van der Waals surface area contributed by atoms with Crippen molar-refractivity contribution in [3.05, 3.63) is 17.5 Å². The molecule has 0 aromatic carbocycles. The molecule has 2 rings (SSSR count). The van der Waals surface area contributed by atoms with Crippen LogP contribution in [0.4, 0.5) is 0 Å². The highest BCUT2D eigenvalue weighted by Gasteiger charge is 2.40. The molecule has 0 radical (unpaired) electrons. The Hall–Kier alpha value is -0.870. The smallest absolute Gasteiger partial charge is 0.0596 e. The number of hydrogen-bond acceptors (Lipinski definition) is 3. The van der Waals surface area contributed by atoms with Gasteiger partial charge in [0.15, 0.2) is 0 Å². The molecular formula is C16H30N4. The molecular weight excluding hydrogens is 248 g/mol. The van der Waals surface area contributed by atoms with Crippen molar-refractivity contribution in [2.75, 3.05) is 14.1 Å². The van der Waals surface area contributed by atoms with Crippen LogP contribution in [0.1, 0.15) is 50.4 Å². The molecule has 0 bridgehead atoms.